The van der Waals surface area contributed by atoms with Crippen LogP contribution in [0.4, 0.5) is 17.1 Å². The summed E-state index contributed by atoms with van der Waals surface area (Å²) >= 11 is 0. The molecule has 1 aromatic rings. The van der Waals surface area contributed by atoms with Gasteiger partial charge in [0.2, 0.25) is 0 Å². The molecule has 0 saturated heterocycles. The van der Waals surface area contributed by atoms with Crippen LogP contribution in [0.2, 0.25) is 0 Å². The van der Waals surface area contributed by atoms with Crippen LogP contribution in [0.3, 0.4) is 0 Å². The predicted molar refractivity (Wildman–Crippen MR) is 61.5 cm³/mol. The predicted octanol–water partition coefficient (Wildman–Crippen LogP) is 1.60. The van der Waals surface area contributed by atoms with Crippen molar-refractivity contribution in [1.82, 2.24) is 0 Å². The number of nitrogens with zero attached hydrogens (tertiary/aromatic N) is 1. The number of hydrogen-bond donors (Lipinski definition) is 3. The van der Waals surface area contributed by atoms with Gasteiger partial charge in [0.05, 0.1) is 16.3 Å². The highest BCUT2D eigenvalue weighted by atomic mass is 31.1. The normalized spacial score (nSPS) is 12.9. The summed E-state index contributed by atoms with van der Waals surface area (Å²) in [5.41, 5.74) is 5.99. The first-order valence-corrected chi connectivity index (χ1v) is 5.66. The van der Waals surface area contributed by atoms with Crippen molar-refractivity contribution < 1.29 is 18.9 Å². The molecule has 92 valence electrons. The number of nitrogens with two attached hydrogens (primary N) is 1. The monoisotopic (exact) mass is 260 g/mol. The molecule has 0 amide bonds. The molecular formula is C8H11N3O5P+. The molecule has 1 rings (SSSR count). The lowest BCUT2D eigenvalue weighted by atomic mass is 10.2. The van der Waals surface area contributed by atoms with E-state index in [-0.39, 0.29) is 11.4 Å². The van der Waals surface area contributed by atoms with Crippen LogP contribution in [-0.2, 0) is 9.09 Å². The summed E-state index contributed by atoms with van der Waals surface area (Å²) in [6.45, 7) is 1.50. The van der Waals surface area contributed by atoms with Crippen molar-refractivity contribution in [3.05, 3.63) is 28.3 Å². The van der Waals surface area contributed by atoms with Crippen LogP contribution in [-0.4, -0.2) is 16.0 Å². The lowest BCUT2D eigenvalue weighted by molar-refractivity contribution is -0.384. The fourth-order valence-electron chi connectivity index (χ4n) is 1.18. The maximum atomic E-state index is 10.5. The molecule has 17 heavy (non-hydrogen) atoms. The lowest BCUT2D eigenvalue weighted by Crippen LogP contribution is -2.16. The zero-order chi connectivity index (χ0) is 13.0. The first-order valence-electron chi connectivity index (χ1n) is 4.53. The Morgan fingerprint density at radius 1 is 1.65 bits per heavy atom. The Hall–Kier alpha value is -1.76. The summed E-state index contributed by atoms with van der Waals surface area (Å²) in [4.78, 5) is 18.4. The van der Waals surface area contributed by atoms with Gasteiger partial charge in [-0.15, -0.1) is 4.89 Å². The highest BCUT2D eigenvalue weighted by molar-refractivity contribution is 7.32. The molecule has 0 spiro atoms. The number of nitrogen functional groups attached to an aromatic ring is 1. The summed E-state index contributed by atoms with van der Waals surface area (Å²) in [5.74, 6) is 0. The van der Waals surface area contributed by atoms with E-state index in [4.69, 9.17) is 10.6 Å². The number of nitro benzene ring substituents is 1. The number of nitro groups is 1. The topological polar surface area (TPSA) is 128 Å². The number of nitrogens with one attached hydrogen (secondary N) is 1. The molecule has 0 saturated carbocycles. The Morgan fingerprint density at radius 3 is 2.76 bits per heavy atom. The van der Waals surface area contributed by atoms with E-state index in [1.54, 1.807) is 0 Å². The van der Waals surface area contributed by atoms with Gasteiger partial charge in [0, 0.05) is 16.7 Å². The standard InChI is InChI=1S/C8H10N3O5P/c1-5(16-17(14)15)10-8-3-2-6(11(12)13)4-7(8)9/h2-5,10H,9H2,1H3/p+1. The molecule has 0 aliphatic carbocycles. The second-order valence-electron chi connectivity index (χ2n) is 3.16. The van der Waals surface area contributed by atoms with Crippen LogP contribution in [0, 0.1) is 10.1 Å². The van der Waals surface area contributed by atoms with Crippen molar-refractivity contribution in [2.75, 3.05) is 11.1 Å². The average molecular weight is 260 g/mol. The zero-order valence-corrected chi connectivity index (χ0v) is 9.76. The SMILES string of the molecule is CC(Nc1ccc([N+](=O)[O-])cc1N)O[P+](=O)O. The molecule has 8 nitrogen and oxygen atoms in total. The van der Waals surface area contributed by atoms with Crippen molar-refractivity contribution in [3.8, 4) is 0 Å². The second kappa shape index (κ2) is 5.53. The van der Waals surface area contributed by atoms with Gasteiger partial charge in [-0.05, 0) is 13.0 Å². The third-order valence-corrected chi connectivity index (χ3v) is 2.35. The molecular weight excluding hydrogens is 249 g/mol. The minimum absolute atomic E-state index is 0.130. The van der Waals surface area contributed by atoms with Crippen molar-refractivity contribution in [3.63, 3.8) is 0 Å². The van der Waals surface area contributed by atoms with Crippen LogP contribution in [0.1, 0.15) is 6.92 Å². The summed E-state index contributed by atoms with van der Waals surface area (Å²) in [5, 5.41) is 13.2. The summed E-state index contributed by atoms with van der Waals surface area (Å²) in [6.07, 6.45) is -0.743. The van der Waals surface area contributed by atoms with Crippen LogP contribution in [0.15, 0.2) is 18.2 Å². The molecule has 1 aromatic carbocycles. The molecule has 0 bridgehead atoms. The molecule has 0 aliphatic heterocycles. The first kappa shape index (κ1) is 13.3. The van der Waals surface area contributed by atoms with Crippen molar-refractivity contribution in [2.24, 2.45) is 0 Å². The van der Waals surface area contributed by atoms with Crippen LogP contribution >= 0.6 is 8.25 Å². The van der Waals surface area contributed by atoms with E-state index in [9.17, 15) is 14.7 Å². The molecule has 0 fully saturated rings. The summed E-state index contributed by atoms with van der Waals surface area (Å²) < 4.78 is 14.9. The van der Waals surface area contributed by atoms with Gasteiger partial charge in [-0.3, -0.25) is 10.1 Å². The first-order chi connectivity index (χ1) is 7.90. The van der Waals surface area contributed by atoms with Gasteiger partial charge in [0.15, 0.2) is 6.23 Å². The number of non-ortho nitro benzene ring substituents is 1. The van der Waals surface area contributed by atoms with Crippen LogP contribution in [0.25, 0.3) is 0 Å². The van der Waals surface area contributed by atoms with Gasteiger partial charge in [-0.25, -0.2) is 0 Å². The van der Waals surface area contributed by atoms with Gasteiger partial charge in [0.1, 0.15) is 0 Å². The molecule has 2 atom stereocenters. The molecule has 4 N–H and O–H groups in total. The summed E-state index contributed by atoms with van der Waals surface area (Å²) in [6, 6.07) is 3.86. The van der Waals surface area contributed by atoms with E-state index in [1.165, 1.54) is 25.1 Å². The van der Waals surface area contributed by atoms with E-state index in [1.807, 2.05) is 0 Å². The number of hydrogen-bond acceptors (Lipinski definition) is 6. The van der Waals surface area contributed by atoms with E-state index in [0.29, 0.717) is 5.69 Å². The highest BCUT2D eigenvalue weighted by Crippen LogP contribution is 2.26. The maximum absolute atomic E-state index is 10.5. The van der Waals surface area contributed by atoms with Gasteiger partial charge in [-0.2, -0.15) is 0 Å². The van der Waals surface area contributed by atoms with E-state index in [0.717, 1.165) is 0 Å². The molecule has 0 aromatic heterocycles. The smallest absolute Gasteiger partial charge is 0.397 e. The van der Waals surface area contributed by atoms with Gasteiger partial charge in [-0.1, -0.05) is 4.52 Å². The highest BCUT2D eigenvalue weighted by Gasteiger charge is 2.19. The Labute approximate surface area is 97.5 Å². The largest absolute Gasteiger partial charge is 0.696 e. The van der Waals surface area contributed by atoms with Gasteiger partial charge >= 0.3 is 8.25 Å². The van der Waals surface area contributed by atoms with Gasteiger partial charge in [0.25, 0.3) is 5.69 Å². The van der Waals surface area contributed by atoms with E-state index < -0.39 is 19.4 Å². The fourth-order valence-corrected chi connectivity index (χ4v) is 1.50. The Balaban J connectivity index is 2.79. The second-order valence-corrected chi connectivity index (χ2v) is 3.84. The molecule has 0 radical (unpaired) electrons. The van der Waals surface area contributed by atoms with E-state index in [2.05, 4.69) is 9.84 Å². The Bertz CT molecular complexity index is 453. The van der Waals surface area contributed by atoms with Crippen molar-refractivity contribution >= 4 is 25.3 Å². The van der Waals surface area contributed by atoms with E-state index >= 15 is 0 Å². The number of benzene rings is 1. The Kier molecular flexibility index (Phi) is 4.33. The number of anilines is 2. The summed E-state index contributed by atoms with van der Waals surface area (Å²) in [7, 11) is -2.72. The van der Waals surface area contributed by atoms with Crippen LogP contribution in [0.5, 0.6) is 0 Å². The zero-order valence-electron chi connectivity index (χ0n) is 8.86. The molecule has 0 aliphatic rings. The number of rotatable bonds is 5. The minimum atomic E-state index is -2.72. The third-order valence-electron chi connectivity index (χ3n) is 1.85. The molecule has 2 unspecified atom stereocenters. The van der Waals surface area contributed by atoms with Crippen molar-refractivity contribution in [2.45, 2.75) is 13.2 Å². The molecule has 0 heterocycles. The lowest BCUT2D eigenvalue weighted by Gasteiger charge is -2.10. The fraction of sp³-hybridized carbons (Fsp3) is 0.250. The quantitative estimate of drug-likeness (QED) is 0.241. The minimum Gasteiger partial charge on any atom is -0.397 e. The Morgan fingerprint density at radius 2 is 2.29 bits per heavy atom. The van der Waals surface area contributed by atoms with Crippen molar-refractivity contribution in [1.29, 1.82) is 0 Å². The van der Waals surface area contributed by atoms with Gasteiger partial charge < -0.3 is 11.1 Å². The molecule has 9 heteroatoms. The average Bonchev–Trinajstić information content (AvgIpc) is 2.19. The van der Waals surface area contributed by atoms with Crippen LogP contribution < -0.4 is 11.1 Å². The third kappa shape index (κ3) is 3.95. The maximum Gasteiger partial charge on any atom is 0.696 e.